The number of sulfonamides is 1. The van der Waals surface area contributed by atoms with E-state index in [4.69, 9.17) is 4.99 Å². The Morgan fingerprint density at radius 3 is 2.33 bits per heavy atom. The zero-order valence-corrected chi connectivity index (χ0v) is 17.9. The first kappa shape index (κ1) is 22.9. The second-order valence-corrected chi connectivity index (χ2v) is 9.89. The van der Waals surface area contributed by atoms with Crippen LogP contribution in [-0.4, -0.2) is 56.4 Å². The predicted molar refractivity (Wildman–Crippen MR) is 111 cm³/mol. The standard InChI is InChI=1S/C20H29F3N4O2S/c1-2-24-18(25-15-19(11-6-12-19)16-7-4-3-5-8-16)26-17-9-13-27(14-10-17)30(28,29)20(21,22)23/h3-5,7-8,17H,2,6,9-15H2,1H3,(H2,24,25,26). The van der Waals surface area contributed by atoms with Gasteiger partial charge in [-0.25, -0.2) is 8.42 Å². The van der Waals surface area contributed by atoms with E-state index >= 15 is 0 Å². The Kier molecular flexibility index (Phi) is 6.96. The number of benzene rings is 1. The van der Waals surface area contributed by atoms with Gasteiger partial charge in [0.25, 0.3) is 0 Å². The van der Waals surface area contributed by atoms with Crippen molar-refractivity contribution in [1.82, 2.24) is 14.9 Å². The van der Waals surface area contributed by atoms with E-state index in [2.05, 4.69) is 22.8 Å². The van der Waals surface area contributed by atoms with Crippen LogP contribution in [-0.2, 0) is 15.4 Å². The van der Waals surface area contributed by atoms with E-state index in [9.17, 15) is 21.6 Å². The van der Waals surface area contributed by atoms with Gasteiger partial charge in [-0.3, -0.25) is 4.99 Å². The molecule has 1 heterocycles. The predicted octanol–water partition coefficient (Wildman–Crippen LogP) is 2.98. The maximum Gasteiger partial charge on any atom is 0.511 e. The van der Waals surface area contributed by atoms with Crippen molar-refractivity contribution in [2.45, 2.75) is 56.0 Å². The fourth-order valence-corrected chi connectivity index (χ4v) is 5.05. The van der Waals surface area contributed by atoms with Crippen molar-refractivity contribution < 1.29 is 21.6 Å². The highest BCUT2D eigenvalue weighted by atomic mass is 32.2. The first-order chi connectivity index (χ1) is 14.2. The third kappa shape index (κ3) is 4.91. The van der Waals surface area contributed by atoms with Crippen molar-refractivity contribution in [2.24, 2.45) is 4.99 Å². The highest BCUT2D eigenvalue weighted by Gasteiger charge is 2.50. The summed E-state index contributed by atoms with van der Waals surface area (Å²) in [5, 5.41) is 6.47. The van der Waals surface area contributed by atoms with Crippen molar-refractivity contribution >= 4 is 16.0 Å². The van der Waals surface area contributed by atoms with Crippen molar-refractivity contribution in [2.75, 3.05) is 26.2 Å². The number of hydrogen-bond donors (Lipinski definition) is 2. The summed E-state index contributed by atoms with van der Waals surface area (Å²) >= 11 is 0. The molecule has 0 aromatic heterocycles. The molecular weight excluding hydrogens is 417 g/mol. The summed E-state index contributed by atoms with van der Waals surface area (Å²) in [6.45, 7) is 2.92. The first-order valence-corrected chi connectivity index (χ1v) is 11.8. The van der Waals surface area contributed by atoms with Crippen molar-refractivity contribution in [3.05, 3.63) is 35.9 Å². The Morgan fingerprint density at radius 2 is 1.83 bits per heavy atom. The number of hydrogen-bond acceptors (Lipinski definition) is 3. The minimum absolute atomic E-state index is 0.0355. The molecule has 3 rings (SSSR count). The SMILES string of the molecule is CCNC(=NCC1(c2ccccc2)CCC1)NC1CCN(S(=O)(=O)C(F)(F)F)CC1. The van der Waals surface area contributed by atoms with Crippen LogP contribution in [0.25, 0.3) is 0 Å². The third-order valence-corrected chi connectivity index (χ3v) is 7.64. The molecule has 168 valence electrons. The van der Waals surface area contributed by atoms with Crippen molar-refractivity contribution in [3.8, 4) is 0 Å². The highest BCUT2D eigenvalue weighted by molar-refractivity contribution is 7.90. The first-order valence-electron chi connectivity index (χ1n) is 10.3. The van der Waals surface area contributed by atoms with Gasteiger partial charge in [-0.05, 0) is 38.2 Å². The summed E-state index contributed by atoms with van der Waals surface area (Å²) in [6, 6.07) is 10.2. The molecule has 1 aromatic rings. The lowest BCUT2D eigenvalue weighted by molar-refractivity contribution is -0.0494. The zero-order valence-electron chi connectivity index (χ0n) is 17.1. The molecule has 6 nitrogen and oxygen atoms in total. The Bertz CT molecular complexity index is 831. The molecule has 30 heavy (non-hydrogen) atoms. The summed E-state index contributed by atoms with van der Waals surface area (Å²) in [4.78, 5) is 4.77. The highest BCUT2D eigenvalue weighted by Crippen LogP contribution is 2.43. The fraction of sp³-hybridized carbons (Fsp3) is 0.650. The minimum Gasteiger partial charge on any atom is -0.357 e. The van der Waals surface area contributed by atoms with E-state index in [1.165, 1.54) is 12.0 Å². The molecule has 0 spiro atoms. The van der Waals surface area contributed by atoms with Gasteiger partial charge in [0.2, 0.25) is 0 Å². The Balaban J connectivity index is 1.61. The molecule has 0 radical (unpaired) electrons. The van der Waals surface area contributed by atoms with Gasteiger partial charge in [0.15, 0.2) is 5.96 Å². The third-order valence-electron chi connectivity index (χ3n) is 6.01. The Morgan fingerprint density at radius 1 is 1.20 bits per heavy atom. The van der Waals surface area contributed by atoms with Gasteiger partial charge in [0.05, 0.1) is 6.54 Å². The number of halogens is 3. The summed E-state index contributed by atoms with van der Waals surface area (Å²) in [5.74, 6) is 0.622. The molecule has 0 amide bonds. The molecule has 2 fully saturated rings. The van der Waals surface area contributed by atoms with Gasteiger partial charge in [-0.15, -0.1) is 0 Å². The van der Waals surface area contributed by atoms with Gasteiger partial charge in [-0.1, -0.05) is 36.8 Å². The van der Waals surface area contributed by atoms with Crippen LogP contribution in [0.5, 0.6) is 0 Å². The molecule has 1 saturated heterocycles. The van der Waals surface area contributed by atoms with E-state index in [0.29, 0.717) is 36.2 Å². The second-order valence-electron chi connectivity index (χ2n) is 7.96. The van der Waals surface area contributed by atoms with Crippen molar-refractivity contribution in [1.29, 1.82) is 0 Å². The monoisotopic (exact) mass is 446 g/mol. The zero-order chi connectivity index (χ0) is 21.8. The summed E-state index contributed by atoms with van der Waals surface area (Å²) in [7, 11) is -5.26. The molecule has 1 aliphatic carbocycles. The Labute approximate surface area is 176 Å². The fourth-order valence-electron chi connectivity index (χ4n) is 4.06. The number of nitrogens with zero attached hydrogens (tertiary/aromatic N) is 2. The molecule has 1 saturated carbocycles. The van der Waals surface area contributed by atoms with Gasteiger partial charge in [-0.2, -0.15) is 17.5 Å². The van der Waals surface area contributed by atoms with Crippen LogP contribution in [0.4, 0.5) is 13.2 Å². The van der Waals surface area contributed by atoms with E-state index in [0.717, 1.165) is 12.8 Å². The number of alkyl halides is 3. The molecular formula is C20H29F3N4O2S. The van der Waals surface area contributed by atoms with Crippen LogP contribution in [0.15, 0.2) is 35.3 Å². The summed E-state index contributed by atoms with van der Waals surface area (Å²) in [6.07, 6.45) is 3.91. The lowest BCUT2D eigenvalue weighted by Gasteiger charge is -2.41. The maximum atomic E-state index is 12.7. The molecule has 0 atom stereocenters. The Hall–Kier alpha value is -1.81. The van der Waals surface area contributed by atoms with Gasteiger partial charge in [0, 0.05) is 31.1 Å². The van der Waals surface area contributed by atoms with Crippen LogP contribution in [0.3, 0.4) is 0 Å². The summed E-state index contributed by atoms with van der Waals surface area (Å²) in [5.41, 5.74) is -3.94. The average Bonchev–Trinajstić information content (AvgIpc) is 2.67. The van der Waals surface area contributed by atoms with E-state index in [1.54, 1.807) is 0 Å². The van der Waals surface area contributed by atoms with Gasteiger partial charge in [0.1, 0.15) is 0 Å². The topological polar surface area (TPSA) is 73.8 Å². The van der Waals surface area contributed by atoms with Crippen LogP contribution >= 0.6 is 0 Å². The number of piperidine rings is 1. The van der Waals surface area contributed by atoms with E-state index in [-0.39, 0.29) is 24.5 Å². The normalized spacial score (nSPS) is 21.1. The van der Waals surface area contributed by atoms with Crippen LogP contribution in [0.2, 0.25) is 0 Å². The molecule has 1 aromatic carbocycles. The van der Waals surface area contributed by atoms with Crippen LogP contribution < -0.4 is 10.6 Å². The van der Waals surface area contributed by atoms with Crippen LogP contribution in [0, 0.1) is 0 Å². The molecule has 0 unspecified atom stereocenters. The number of nitrogens with one attached hydrogen (secondary N) is 2. The maximum absolute atomic E-state index is 12.7. The molecule has 2 N–H and O–H groups in total. The smallest absolute Gasteiger partial charge is 0.357 e. The van der Waals surface area contributed by atoms with Crippen LogP contribution in [0.1, 0.15) is 44.6 Å². The number of rotatable bonds is 6. The second kappa shape index (κ2) is 9.13. The van der Waals surface area contributed by atoms with E-state index in [1.807, 2.05) is 25.1 Å². The summed E-state index contributed by atoms with van der Waals surface area (Å²) < 4.78 is 61.9. The number of guanidine groups is 1. The van der Waals surface area contributed by atoms with Gasteiger partial charge < -0.3 is 10.6 Å². The number of aliphatic imine (C=N–C) groups is 1. The lowest BCUT2D eigenvalue weighted by Crippen LogP contribution is -2.52. The molecule has 0 bridgehead atoms. The molecule has 2 aliphatic rings. The minimum atomic E-state index is -5.26. The quantitative estimate of drug-likeness (QED) is 0.521. The largest absolute Gasteiger partial charge is 0.511 e. The molecule has 10 heteroatoms. The van der Waals surface area contributed by atoms with Gasteiger partial charge >= 0.3 is 15.5 Å². The van der Waals surface area contributed by atoms with Crippen molar-refractivity contribution in [3.63, 3.8) is 0 Å². The van der Waals surface area contributed by atoms with E-state index < -0.39 is 15.5 Å². The average molecular weight is 447 g/mol. The lowest BCUT2D eigenvalue weighted by atomic mass is 9.64. The molecule has 1 aliphatic heterocycles.